The van der Waals surface area contributed by atoms with E-state index in [0.29, 0.717) is 27.2 Å². The molecule has 0 saturated heterocycles. The van der Waals surface area contributed by atoms with Gasteiger partial charge in [0.25, 0.3) is 5.56 Å². The van der Waals surface area contributed by atoms with E-state index in [1.165, 1.54) is 12.1 Å². The van der Waals surface area contributed by atoms with Gasteiger partial charge >= 0.3 is 11.7 Å². The lowest BCUT2D eigenvalue weighted by Gasteiger charge is -2.06. The maximum Gasteiger partial charge on any atom is 0.336 e. The Morgan fingerprint density at radius 2 is 2.04 bits per heavy atom. The fourth-order valence-electron chi connectivity index (χ4n) is 2.15. The first-order valence-electron chi connectivity index (χ1n) is 6.51. The molecule has 3 rings (SSSR count). The van der Waals surface area contributed by atoms with Crippen LogP contribution in [0.25, 0.3) is 10.9 Å². The van der Waals surface area contributed by atoms with Gasteiger partial charge in [-0.15, -0.1) is 0 Å². The third-order valence-corrected chi connectivity index (χ3v) is 3.28. The summed E-state index contributed by atoms with van der Waals surface area (Å²) in [5.41, 5.74) is -0.987. The van der Waals surface area contributed by atoms with Crippen LogP contribution in [-0.2, 0) is 6.54 Å². The van der Waals surface area contributed by atoms with Crippen LogP contribution in [0.5, 0.6) is 0 Å². The molecule has 3 aromatic rings. The lowest BCUT2D eigenvalue weighted by molar-refractivity contribution is 0.240. The first kappa shape index (κ1) is 14.7. The third-order valence-electron chi connectivity index (χ3n) is 3.28. The maximum absolute atomic E-state index is 13.3. The minimum absolute atomic E-state index is 0.0184. The molecule has 0 atom stereocenters. The monoisotopic (exact) mass is 320 g/mol. The minimum Gasteiger partial charge on any atom is -0.361 e. The SMILES string of the molecule is O=C(NCc1c[nH]c2ccc(F)cc12)n1cc(F)c(=O)[nH]c1=O. The molecule has 0 fully saturated rings. The van der Waals surface area contributed by atoms with Crippen molar-refractivity contribution in [1.82, 2.24) is 19.9 Å². The van der Waals surface area contributed by atoms with Crippen molar-refractivity contribution in [1.29, 1.82) is 0 Å². The molecule has 1 amide bonds. The largest absolute Gasteiger partial charge is 0.361 e. The average Bonchev–Trinajstić information content (AvgIpc) is 2.90. The molecule has 1 aromatic carbocycles. The fraction of sp³-hybridized carbons (Fsp3) is 0.0714. The summed E-state index contributed by atoms with van der Waals surface area (Å²) < 4.78 is 26.8. The molecule has 118 valence electrons. The number of hydrogen-bond acceptors (Lipinski definition) is 3. The molecule has 9 heteroatoms. The highest BCUT2D eigenvalue weighted by molar-refractivity contribution is 5.84. The summed E-state index contributed by atoms with van der Waals surface area (Å²) in [6, 6.07) is 3.23. The van der Waals surface area contributed by atoms with Crippen LogP contribution in [0.2, 0.25) is 0 Å². The third kappa shape index (κ3) is 2.76. The Labute approximate surface area is 126 Å². The zero-order valence-corrected chi connectivity index (χ0v) is 11.5. The number of aromatic amines is 2. The van der Waals surface area contributed by atoms with E-state index >= 15 is 0 Å². The van der Waals surface area contributed by atoms with Crippen LogP contribution in [0, 0.1) is 11.6 Å². The number of carbonyl (C=O) groups is 1. The number of rotatable bonds is 2. The fourth-order valence-corrected chi connectivity index (χ4v) is 2.15. The molecule has 0 bridgehead atoms. The van der Waals surface area contributed by atoms with Gasteiger partial charge in [-0.2, -0.15) is 4.39 Å². The summed E-state index contributed by atoms with van der Waals surface area (Å²) in [5, 5.41) is 2.97. The van der Waals surface area contributed by atoms with Crippen LogP contribution in [0.1, 0.15) is 5.56 Å². The second-order valence-corrected chi connectivity index (χ2v) is 4.77. The number of hydrogen-bond donors (Lipinski definition) is 3. The molecule has 2 aromatic heterocycles. The van der Waals surface area contributed by atoms with Crippen molar-refractivity contribution in [3.8, 4) is 0 Å². The molecular weight excluding hydrogens is 310 g/mol. The zero-order chi connectivity index (χ0) is 16.6. The first-order valence-corrected chi connectivity index (χ1v) is 6.51. The van der Waals surface area contributed by atoms with Crippen LogP contribution in [0.4, 0.5) is 13.6 Å². The summed E-state index contributed by atoms with van der Waals surface area (Å²) in [7, 11) is 0. The van der Waals surface area contributed by atoms with Crippen LogP contribution in [0.15, 0.2) is 40.2 Å². The van der Waals surface area contributed by atoms with Crippen molar-refractivity contribution in [2.45, 2.75) is 6.54 Å². The number of nitrogens with zero attached hydrogens (tertiary/aromatic N) is 1. The number of amides is 1. The molecule has 0 unspecified atom stereocenters. The number of carbonyl (C=O) groups excluding carboxylic acids is 1. The van der Waals surface area contributed by atoms with Gasteiger partial charge in [0.1, 0.15) is 5.82 Å². The van der Waals surface area contributed by atoms with Gasteiger partial charge in [-0.25, -0.2) is 18.5 Å². The quantitative estimate of drug-likeness (QED) is 0.658. The van der Waals surface area contributed by atoms with Crippen molar-refractivity contribution in [2.75, 3.05) is 0 Å². The Hall–Kier alpha value is -3.23. The minimum atomic E-state index is -1.26. The average molecular weight is 320 g/mol. The summed E-state index contributed by atoms with van der Waals surface area (Å²) in [5.74, 6) is -1.68. The van der Waals surface area contributed by atoms with Crippen LogP contribution in [-0.4, -0.2) is 20.6 Å². The second kappa shape index (κ2) is 5.52. The number of H-pyrrole nitrogens is 2. The van der Waals surface area contributed by atoms with Gasteiger partial charge in [-0.1, -0.05) is 0 Å². The van der Waals surface area contributed by atoms with E-state index in [2.05, 4.69) is 10.3 Å². The van der Waals surface area contributed by atoms with Crippen molar-refractivity contribution < 1.29 is 13.6 Å². The summed E-state index contributed by atoms with van der Waals surface area (Å²) >= 11 is 0. The van der Waals surface area contributed by atoms with Crippen molar-refractivity contribution in [3.63, 3.8) is 0 Å². The van der Waals surface area contributed by atoms with Crippen molar-refractivity contribution >= 4 is 16.9 Å². The van der Waals surface area contributed by atoms with Gasteiger partial charge in [0.15, 0.2) is 0 Å². The summed E-state index contributed by atoms with van der Waals surface area (Å²) in [6.07, 6.45) is 2.09. The maximum atomic E-state index is 13.3. The van der Waals surface area contributed by atoms with E-state index < -0.39 is 28.9 Å². The standard InChI is InChI=1S/C14H10F2N4O3/c15-8-1-2-11-9(3-8)7(4-17-11)5-18-13(22)20-6-10(16)12(21)19-14(20)23/h1-4,6,17H,5H2,(H,18,22)(H,19,21,23). The van der Waals surface area contributed by atoms with E-state index in [1.807, 2.05) is 0 Å². The number of nitrogens with one attached hydrogen (secondary N) is 3. The highest BCUT2D eigenvalue weighted by Gasteiger charge is 2.12. The Morgan fingerprint density at radius 1 is 1.26 bits per heavy atom. The van der Waals surface area contributed by atoms with Gasteiger partial charge in [0.2, 0.25) is 5.82 Å². The predicted octanol–water partition coefficient (Wildman–Crippen LogP) is 1.05. The Morgan fingerprint density at radius 3 is 2.83 bits per heavy atom. The Balaban J connectivity index is 1.84. The highest BCUT2D eigenvalue weighted by Crippen LogP contribution is 2.19. The van der Waals surface area contributed by atoms with Crippen molar-refractivity contribution in [2.24, 2.45) is 0 Å². The second-order valence-electron chi connectivity index (χ2n) is 4.77. The number of benzene rings is 1. The number of halogens is 2. The van der Waals surface area contributed by atoms with E-state index in [9.17, 15) is 23.2 Å². The predicted molar refractivity (Wildman–Crippen MR) is 77.2 cm³/mol. The molecule has 0 aliphatic carbocycles. The Bertz CT molecular complexity index is 1020. The molecule has 0 spiro atoms. The normalized spacial score (nSPS) is 10.9. The van der Waals surface area contributed by atoms with E-state index in [-0.39, 0.29) is 6.54 Å². The molecule has 0 radical (unpaired) electrons. The van der Waals surface area contributed by atoms with Gasteiger partial charge in [0.05, 0.1) is 6.20 Å². The molecule has 2 heterocycles. The lowest BCUT2D eigenvalue weighted by Crippen LogP contribution is -2.40. The van der Waals surface area contributed by atoms with E-state index in [0.717, 1.165) is 0 Å². The molecule has 0 aliphatic heterocycles. The molecule has 3 N–H and O–H groups in total. The van der Waals surface area contributed by atoms with E-state index in [4.69, 9.17) is 0 Å². The van der Waals surface area contributed by atoms with Gasteiger partial charge < -0.3 is 10.3 Å². The van der Waals surface area contributed by atoms with Crippen LogP contribution < -0.4 is 16.6 Å². The topological polar surface area (TPSA) is 99.8 Å². The van der Waals surface area contributed by atoms with E-state index in [1.54, 1.807) is 17.2 Å². The van der Waals surface area contributed by atoms with Gasteiger partial charge in [-0.05, 0) is 23.8 Å². The number of aromatic nitrogens is 3. The zero-order valence-electron chi connectivity index (χ0n) is 11.5. The van der Waals surface area contributed by atoms with Crippen molar-refractivity contribution in [3.05, 3.63) is 68.6 Å². The molecule has 23 heavy (non-hydrogen) atoms. The van der Waals surface area contributed by atoms with Gasteiger partial charge in [0, 0.05) is 23.6 Å². The van der Waals surface area contributed by atoms with Crippen LogP contribution in [0.3, 0.4) is 0 Å². The smallest absolute Gasteiger partial charge is 0.336 e. The number of fused-ring (bicyclic) bond motifs is 1. The highest BCUT2D eigenvalue weighted by atomic mass is 19.1. The van der Waals surface area contributed by atoms with Gasteiger partial charge in [-0.3, -0.25) is 9.78 Å². The Kier molecular flexibility index (Phi) is 3.53. The summed E-state index contributed by atoms with van der Waals surface area (Å²) in [4.78, 5) is 38.9. The lowest BCUT2D eigenvalue weighted by atomic mass is 10.2. The molecule has 0 aliphatic rings. The first-order chi connectivity index (χ1) is 11.0. The van der Waals surface area contributed by atoms with Crippen LogP contribution >= 0.6 is 0 Å². The summed E-state index contributed by atoms with van der Waals surface area (Å²) in [6.45, 7) is -0.0184. The molecule has 0 saturated carbocycles. The molecule has 7 nitrogen and oxygen atoms in total. The molecular formula is C14H10F2N4O3.